The number of aryl methyl sites for hydroxylation is 2. The molecule has 0 aliphatic rings. The molecule has 0 radical (unpaired) electrons. The SMILES string of the molecule is CCc1nc(CC)n(-c2nc(Cl)ccc2[N+](=O)[O-])n1. The summed E-state index contributed by atoms with van der Waals surface area (Å²) in [5, 5.41) is 15.5. The van der Waals surface area contributed by atoms with Crippen molar-refractivity contribution in [3.8, 4) is 5.82 Å². The van der Waals surface area contributed by atoms with Crippen molar-refractivity contribution in [3.63, 3.8) is 0 Å². The van der Waals surface area contributed by atoms with E-state index in [-0.39, 0.29) is 16.7 Å². The second kappa shape index (κ2) is 5.31. The number of rotatable bonds is 4. The summed E-state index contributed by atoms with van der Waals surface area (Å²) in [6, 6.07) is 2.70. The molecule has 0 bridgehead atoms. The molecule has 2 aromatic rings. The summed E-state index contributed by atoms with van der Waals surface area (Å²) >= 11 is 5.81. The highest BCUT2D eigenvalue weighted by molar-refractivity contribution is 6.29. The van der Waals surface area contributed by atoms with Crippen molar-refractivity contribution in [1.82, 2.24) is 19.7 Å². The Balaban J connectivity index is 2.66. The number of nitrogens with zero attached hydrogens (tertiary/aromatic N) is 5. The van der Waals surface area contributed by atoms with Crippen LogP contribution in [-0.2, 0) is 12.8 Å². The summed E-state index contributed by atoms with van der Waals surface area (Å²) in [5.74, 6) is 1.34. The minimum Gasteiger partial charge on any atom is -0.258 e. The molecule has 7 nitrogen and oxygen atoms in total. The van der Waals surface area contributed by atoms with Crippen LogP contribution in [0.15, 0.2) is 12.1 Å². The summed E-state index contributed by atoms with van der Waals surface area (Å²) in [4.78, 5) is 18.8. The summed E-state index contributed by atoms with van der Waals surface area (Å²) in [5.41, 5.74) is -0.147. The zero-order valence-electron chi connectivity index (χ0n) is 10.5. The lowest BCUT2D eigenvalue weighted by Gasteiger charge is -2.04. The molecule has 2 heterocycles. The number of hydrogen-bond donors (Lipinski definition) is 0. The van der Waals surface area contributed by atoms with Crippen LogP contribution in [0.4, 0.5) is 5.69 Å². The highest BCUT2D eigenvalue weighted by Gasteiger charge is 2.21. The van der Waals surface area contributed by atoms with E-state index in [0.29, 0.717) is 24.5 Å². The average Bonchev–Trinajstić information content (AvgIpc) is 2.81. The Morgan fingerprint density at radius 2 is 2.05 bits per heavy atom. The van der Waals surface area contributed by atoms with E-state index in [9.17, 15) is 10.1 Å². The lowest BCUT2D eigenvalue weighted by Crippen LogP contribution is -2.08. The highest BCUT2D eigenvalue weighted by atomic mass is 35.5. The van der Waals surface area contributed by atoms with Gasteiger partial charge in [-0.25, -0.2) is 9.97 Å². The third-order valence-electron chi connectivity index (χ3n) is 2.57. The smallest absolute Gasteiger partial charge is 0.258 e. The zero-order chi connectivity index (χ0) is 14.0. The Morgan fingerprint density at radius 3 is 2.63 bits per heavy atom. The molecule has 0 amide bonds. The van der Waals surface area contributed by atoms with Gasteiger partial charge < -0.3 is 0 Å². The molecule has 0 atom stereocenters. The molecule has 0 aliphatic carbocycles. The molecule has 19 heavy (non-hydrogen) atoms. The monoisotopic (exact) mass is 281 g/mol. The number of pyridine rings is 1. The maximum absolute atomic E-state index is 11.0. The Hall–Kier alpha value is -2.02. The summed E-state index contributed by atoms with van der Waals surface area (Å²) in [6.45, 7) is 3.81. The first-order chi connectivity index (χ1) is 9.06. The van der Waals surface area contributed by atoms with E-state index < -0.39 is 4.92 Å². The predicted molar refractivity (Wildman–Crippen MR) is 69.6 cm³/mol. The molecule has 0 saturated heterocycles. The second-order valence-corrected chi connectivity index (χ2v) is 4.18. The van der Waals surface area contributed by atoms with Crippen molar-refractivity contribution in [1.29, 1.82) is 0 Å². The quantitative estimate of drug-likeness (QED) is 0.488. The molecule has 0 N–H and O–H groups in total. The van der Waals surface area contributed by atoms with Crippen molar-refractivity contribution in [2.24, 2.45) is 0 Å². The van der Waals surface area contributed by atoms with Gasteiger partial charge in [0.2, 0.25) is 5.82 Å². The molecule has 8 heteroatoms. The van der Waals surface area contributed by atoms with Gasteiger partial charge in [0, 0.05) is 18.9 Å². The lowest BCUT2D eigenvalue weighted by atomic mass is 10.4. The second-order valence-electron chi connectivity index (χ2n) is 3.80. The van der Waals surface area contributed by atoms with Gasteiger partial charge in [-0.15, -0.1) is 5.10 Å². The van der Waals surface area contributed by atoms with Crippen molar-refractivity contribution < 1.29 is 4.92 Å². The number of halogens is 1. The van der Waals surface area contributed by atoms with Gasteiger partial charge in [-0.3, -0.25) is 10.1 Å². The maximum atomic E-state index is 11.0. The first-order valence-electron chi connectivity index (χ1n) is 5.82. The standard InChI is InChI=1S/C11H12ClN5O2/c1-3-9-14-10(4-2)16(15-9)11-7(17(18)19)5-6-8(12)13-11/h5-6H,3-4H2,1-2H3. The van der Waals surface area contributed by atoms with E-state index in [1.54, 1.807) is 0 Å². The topological polar surface area (TPSA) is 86.7 Å². The molecular weight excluding hydrogens is 270 g/mol. The molecule has 2 aromatic heterocycles. The van der Waals surface area contributed by atoms with Gasteiger partial charge in [0.15, 0.2) is 5.82 Å². The van der Waals surface area contributed by atoms with E-state index in [2.05, 4.69) is 15.1 Å². The van der Waals surface area contributed by atoms with Crippen LogP contribution >= 0.6 is 11.6 Å². The van der Waals surface area contributed by atoms with Crippen LogP contribution in [0.25, 0.3) is 5.82 Å². The first kappa shape index (κ1) is 13.4. The van der Waals surface area contributed by atoms with Gasteiger partial charge in [-0.05, 0) is 6.07 Å². The molecule has 0 unspecified atom stereocenters. The van der Waals surface area contributed by atoms with Crippen LogP contribution in [0, 0.1) is 10.1 Å². The molecular formula is C11H12ClN5O2. The minimum atomic E-state index is -0.509. The zero-order valence-corrected chi connectivity index (χ0v) is 11.3. The van der Waals surface area contributed by atoms with Gasteiger partial charge >= 0.3 is 5.69 Å². The van der Waals surface area contributed by atoms with Crippen LogP contribution in [-0.4, -0.2) is 24.7 Å². The number of hydrogen-bond acceptors (Lipinski definition) is 5. The molecule has 0 saturated carbocycles. The number of nitro groups is 1. The van der Waals surface area contributed by atoms with E-state index in [1.165, 1.54) is 16.8 Å². The summed E-state index contributed by atoms with van der Waals surface area (Å²) in [7, 11) is 0. The van der Waals surface area contributed by atoms with Crippen LogP contribution in [0.3, 0.4) is 0 Å². The first-order valence-corrected chi connectivity index (χ1v) is 6.20. The highest BCUT2D eigenvalue weighted by Crippen LogP contribution is 2.23. The van der Waals surface area contributed by atoms with Crippen molar-refractivity contribution >= 4 is 17.3 Å². The fraction of sp³-hybridized carbons (Fsp3) is 0.364. The van der Waals surface area contributed by atoms with Crippen molar-refractivity contribution in [2.75, 3.05) is 0 Å². The van der Waals surface area contributed by atoms with Gasteiger partial charge in [0.1, 0.15) is 11.0 Å². The summed E-state index contributed by atoms with van der Waals surface area (Å²) < 4.78 is 1.39. The third kappa shape index (κ3) is 2.55. The normalized spacial score (nSPS) is 10.7. The summed E-state index contributed by atoms with van der Waals surface area (Å²) in [6.07, 6.45) is 1.24. The number of aromatic nitrogens is 4. The Bertz CT molecular complexity index is 626. The van der Waals surface area contributed by atoms with Crippen LogP contribution in [0.1, 0.15) is 25.5 Å². The fourth-order valence-electron chi connectivity index (χ4n) is 1.66. The largest absolute Gasteiger partial charge is 0.313 e. The van der Waals surface area contributed by atoms with Gasteiger partial charge in [-0.2, -0.15) is 4.68 Å². The molecule has 0 aromatic carbocycles. The predicted octanol–water partition coefficient (Wildman–Crippen LogP) is 2.35. The average molecular weight is 282 g/mol. The van der Waals surface area contributed by atoms with Crippen molar-refractivity contribution in [3.05, 3.63) is 39.0 Å². The van der Waals surface area contributed by atoms with Crippen LogP contribution in [0.2, 0.25) is 5.15 Å². The van der Waals surface area contributed by atoms with E-state index >= 15 is 0 Å². The lowest BCUT2D eigenvalue weighted by molar-refractivity contribution is -0.384. The minimum absolute atomic E-state index is 0.0987. The third-order valence-corrected chi connectivity index (χ3v) is 2.78. The Labute approximate surface area is 114 Å². The Morgan fingerprint density at radius 1 is 1.32 bits per heavy atom. The Kier molecular flexibility index (Phi) is 3.75. The molecule has 0 fully saturated rings. The van der Waals surface area contributed by atoms with E-state index in [0.717, 1.165) is 0 Å². The van der Waals surface area contributed by atoms with Crippen LogP contribution in [0.5, 0.6) is 0 Å². The molecule has 100 valence electrons. The van der Waals surface area contributed by atoms with Gasteiger partial charge in [0.25, 0.3) is 0 Å². The molecule has 0 spiro atoms. The van der Waals surface area contributed by atoms with Gasteiger partial charge in [0.05, 0.1) is 4.92 Å². The van der Waals surface area contributed by atoms with Gasteiger partial charge in [-0.1, -0.05) is 25.4 Å². The molecule has 0 aliphatic heterocycles. The molecule has 2 rings (SSSR count). The van der Waals surface area contributed by atoms with E-state index in [1.807, 2.05) is 13.8 Å². The maximum Gasteiger partial charge on any atom is 0.313 e. The van der Waals surface area contributed by atoms with E-state index in [4.69, 9.17) is 11.6 Å². The fourth-order valence-corrected chi connectivity index (χ4v) is 1.80. The van der Waals surface area contributed by atoms with Crippen LogP contribution < -0.4 is 0 Å². The van der Waals surface area contributed by atoms with Crippen molar-refractivity contribution in [2.45, 2.75) is 26.7 Å².